The zero-order valence-corrected chi connectivity index (χ0v) is 21.2. The van der Waals surface area contributed by atoms with Crippen LogP contribution in [0.5, 0.6) is 0 Å². The molecule has 2 nitrogen and oxygen atoms in total. The van der Waals surface area contributed by atoms with E-state index in [0.29, 0.717) is 38.9 Å². The standard InChI is InChI=1S/C29H48O2/c1-24(2)13-7-8-20-19(24)10-16-27(5)25(20,3)15-12-23-26(27,4)14-9-22-21-11-17-29(22,23)18-31-28(21,6)30/h19-23,30H,7-18H2,1-6H3/t19-,20+,21-,22-,23-,25-,26+,27+,28+,29+/m0/s1. The highest BCUT2D eigenvalue weighted by Crippen LogP contribution is 2.80. The second-order valence-electron chi connectivity index (χ2n) is 14.8. The van der Waals surface area contributed by atoms with Crippen molar-refractivity contribution in [1.82, 2.24) is 0 Å². The zero-order chi connectivity index (χ0) is 22.1. The Morgan fingerprint density at radius 3 is 2.10 bits per heavy atom. The van der Waals surface area contributed by atoms with E-state index >= 15 is 0 Å². The molecule has 0 amide bonds. The van der Waals surface area contributed by atoms with Crippen LogP contribution in [-0.4, -0.2) is 17.5 Å². The van der Waals surface area contributed by atoms with Crippen molar-refractivity contribution in [3.05, 3.63) is 0 Å². The first-order chi connectivity index (χ1) is 14.4. The number of aliphatic hydroxyl groups is 1. The fourth-order valence-corrected chi connectivity index (χ4v) is 12.0. The van der Waals surface area contributed by atoms with Crippen LogP contribution in [0.4, 0.5) is 0 Å². The summed E-state index contributed by atoms with van der Waals surface area (Å²) in [6.45, 7) is 16.2. The zero-order valence-electron chi connectivity index (χ0n) is 21.2. The molecule has 1 heterocycles. The summed E-state index contributed by atoms with van der Waals surface area (Å²) in [6.07, 6.45) is 15.2. The van der Waals surface area contributed by atoms with Crippen molar-refractivity contribution < 1.29 is 9.84 Å². The van der Waals surface area contributed by atoms with Crippen molar-refractivity contribution in [2.24, 2.45) is 56.7 Å². The molecule has 5 saturated carbocycles. The van der Waals surface area contributed by atoms with Gasteiger partial charge in [-0.2, -0.15) is 0 Å². The Balaban J connectivity index is 1.40. The highest BCUT2D eigenvalue weighted by Gasteiger charge is 2.74. The highest BCUT2D eigenvalue weighted by atomic mass is 16.6. The van der Waals surface area contributed by atoms with Gasteiger partial charge in [0, 0.05) is 11.3 Å². The lowest BCUT2D eigenvalue weighted by atomic mass is 9.30. The quantitative estimate of drug-likeness (QED) is 0.442. The van der Waals surface area contributed by atoms with Gasteiger partial charge in [0.25, 0.3) is 0 Å². The van der Waals surface area contributed by atoms with E-state index in [9.17, 15) is 5.11 Å². The lowest BCUT2D eigenvalue weighted by molar-refractivity contribution is -0.321. The monoisotopic (exact) mass is 428 g/mol. The lowest BCUT2D eigenvalue weighted by Gasteiger charge is -2.75. The van der Waals surface area contributed by atoms with Gasteiger partial charge in [0.2, 0.25) is 0 Å². The Bertz CT molecular complexity index is 771. The van der Waals surface area contributed by atoms with E-state index in [1.54, 1.807) is 0 Å². The summed E-state index contributed by atoms with van der Waals surface area (Å²) < 4.78 is 6.27. The predicted molar refractivity (Wildman–Crippen MR) is 125 cm³/mol. The minimum Gasteiger partial charge on any atom is -0.365 e. The van der Waals surface area contributed by atoms with Crippen molar-refractivity contribution in [3.63, 3.8) is 0 Å². The summed E-state index contributed by atoms with van der Waals surface area (Å²) in [5.41, 5.74) is 2.22. The van der Waals surface area contributed by atoms with Crippen molar-refractivity contribution in [1.29, 1.82) is 0 Å². The molecule has 6 rings (SSSR count). The Labute approximate surface area is 191 Å². The molecule has 0 aromatic heterocycles. The average Bonchev–Trinajstić information content (AvgIpc) is 3.02. The molecule has 0 unspecified atom stereocenters. The first-order valence-corrected chi connectivity index (χ1v) is 13.8. The van der Waals surface area contributed by atoms with Crippen molar-refractivity contribution in [3.8, 4) is 0 Å². The minimum atomic E-state index is -0.892. The molecule has 0 aromatic carbocycles. The van der Waals surface area contributed by atoms with Gasteiger partial charge in [-0.15, -0.1) is 0 Å². The summed E-state index contributed by atoms with van der Waals surface area (Å²) in [7, 11) is 0. The summed E-state index contributed by atoms with van der Waals surface area (Å²) in [5, 5.41) is 11.0. The second-order valence-corrected chi connectivity index (χ2v) is 14.8. The number of hydrogen-bond acceptors (Lipinski definition) is 2. The fourth-order valence-electron chi connectivity index (χ4n) is 12.0. The molecule has 10 atom stereocenters. The number of fused-ring (bicyclic) bond motifs is 5. The van der Waals surface area contributed by atoms with Crippen LogP contribution in [0.1, 0.15) is 112 Å². The van der Waals surface area contributed by atoms with Gasteiger partial charge in [-0.1, -0.05) is 41.0 Å². The van der Waals surface area contributed by atoms with Gasteiger partial charge in [-0.25, -0.2) is 0 Å². The van der Waals surface area contributed by atoms with Crippen molar-refractivity contribution in [2.45, 2.75) is 118 Å². The van der Waals surface area contributed by atoms with E-state index in [-0.39, 0.29) is 0 Å². The highest BCUT2D eigenvalue weighted by molar-refractivity contribution is 5.22. The molecule has 31 heavy (non-hydrogen) atoms. The molecule has 0 aromatic rings. The maximum Gasteiger partial charge on any atom is 0.165 e. The van der Waals surface area contributed by atoms with Crippen LogP contribution < -0.4 is 0 Å². The number of rotatable bonds is 0. The summed E-state index contributed by atoms with van der Waals surface area (Å²) >= 11 is 0. The molecule has 5 aliphatic carbocycles. The third kappa shape index (κ3) is 2.34. The molecule has 0 radical (unpaired) electrons. The number of hydrogen-bond donors (Lipinski definition) is 1. The van der Waals surface area contributed by atoms with Gasteiger partial charge >= 0.3 is 0 Å². The molecule has 0 spiro atoms. The predicted octanol–water partition coefficient (Wildman–Crippen LogP) is 7.20. The van der Waals surface area contributed by atoms with E-state index in [0.717, 1.165) is 24.4 Å². The second kappa shape index (κ2) is 6.12. The Morgan fingerprint density at radius 1 is 0.645 bits per heavy atom. The van der Waals surface area contributed by atoms with Crippen LogP contribution in [0.2, 0.25) is 0 Å². The molecule has 1 aliphatic heterocycles. The molecular formula is C29H48O2. The van der Waals surface area contributed by atoms with E-state index in [1.165, 1.54) is 70.6 Å². The largest absolute Gasteiger partial charge is 0.365 e. The smallest absolute Gasteiger partial charge is 0.165 e. The van der Waals surface area contributed by atoms with Gasteiger partial charge < -0.3 is 9.84 Å². The summed E-state index contributed by atoms with van der Waals surface area (Å²) in [4.78, 5) is 0. The Morgan fingerprint density at radius 2 is 1.32 bits per heavy atom. The van der Waals surface area contributed by atoms with E-state index < -0.39 is 5.79 Å². The van der Waals surface area contributed by atoms with Crippen molar-refractivity contribution in [2.75, 3.05) is 6.61 Å². The van der Waals surface area contributed by atoms with Crippen LogP contribution >= 0.6 is 0 Å². The molecule has 2 heteroatoms. The Hall–Kier alpha value is -0.0800. The van der Waals surface area contributed by atoms with Gasteiger partial charge in [0.15, 0.2) is 5.79 Å². The van der Waals surface area contributed by atoms with Gasteiger partial charge in [0.05, 0.1) is 6.61 Å². The van der Waals surface area contributed by atoms with Crippen LogP contribution in [0.15, 0.2) is 0 Å². The van der Waals surface area contributed by atoms with Crippen molar-refractivity contribution >= 4 is 0 Å². The van der Waals surface area contributed by atoms with Crippen LogP contribution in [0.25, 0.3) is 0 Å². The lowest BCUT2D eigenvalue weighted by Crippen LogP contribution is -2.69. The van der Waals surface area contributed by atoms with Crippen LogP contribution in [0.3, 0.4) is 0 Å². The summed E-state index contributed by atoms with van der Waals surface area (Å²) in [6, 6.07) is 0. The van der Waals surface area contributed by atoms with Gasteiger partial charge in [-0.3, -0.25) is 0 Å². The first kappa shape index (κ1) is 21.5. The third-order valence-electron chi connectivity index (χ3n) is 14.0. The maximum absolute atomic E-state index is 11.0. The van der Waals surface area contributed by atoms with E-state index in [2.05, 4.69) is 34.6 Å². The normalized spacial score (nSPS) is 62.2. The fraction of sp³-hybridized carbons (Fsp3) is 1.00. The molecule has 6 aliphatic rings. The third-order valence-corrected chi connectivity index (χ3v) is 14.0. The summed E-state index contributed by atoms with van der Waals surface area (Å²) in [5.74, 6) is 2.79. The van der Waals surface area contributed by atoms with E-state index in [1.807, 2.05) is 6.92 Å². The van der Waals surface area contributed by atoms with Crippen LogP contribution in [0, 0.1) is 56.7 Å². The average molecular weight is 429 g/mol. The molecule has 6 fully saturated rings. The topological polar surface area (TPSA) is 29.5 Å². The first-order valence-electron chi connectivity index (χ1n) is 13.8. The molecular weight excluding hydrogens is 380 g/mol. The molecule has 1 saturated heterocycles. The van der Waals surface area contributed by atoms with Gasteiger partial charge in [-0.05, 0) is 116 Å². The van der Waals surface area contributed by atoms with E-state index in [4.69, 9.17) is 4.74 Å². The SMILES string of the molecule is CC1(C)CCC[C@@H]2[C@@H]1CC[C@]1(C)[C@@]2(C)CC[C@@H]2[C@@]34CC[C@@H]([C@@H]3CC[C@]21C)[C@](C)(O)OC4. The minimum absolute atomic E-state index is 0.340. The Kier molecular flexibility index (Phi) is 4.24. The molecule has 2 bridgehead atoms. The van der Waals surface area contributed by atoms with Gasteiger partial charge in [0.1, 0.15) is 0 Å². The van der Waals surface area contributed by atoms with Crippen LogP contribution in [-0.2, 0) is 4.74 Å². The molecule has 1 N–H and O–H groups in total. The number of ether oxygens (including phenoxy) is 1. The molecule has 176 valence electrons. The maximum atomic E-state index is 11.0.